The number of hydrogen-bond acceptors (Lipinski definition) is 3. The van der Waals surface area contributed by atoms with Gasteiger partial charge in [0.2, 0.25) is 0 Å². The first kappa shape index (κ1) is 13.6. The summed E-state index contributed by atoms with van der Waals surface area (Å²) >= 11 is 1.95. The van der Waals surface area contributed by atoms with Crippen molar-refractivity contribution in [1.82, 2.24) is 4.90 Å². The van der Waals surface area contributed by atoms with Crippen molar-refractivity contribution in [3.63, 3.8) is 0 Å². The van der Waals surface area contributed by atoms with Crippen LogP contribution in [0.3, 0.4) is 0 Å². The molecule has 3 unspecified atom stereocenters. The van der Waals surface area contributed by atoms with E-state index in [0.29, 0.717) is 6.04 Å². The van der Waals surface area contributed by atoms with Crippen molar-refractivity contribution in [2.24, 2.45) is 11.7 Å². The van der Waals surface area contributed by atoms with Crippen LogP contribution in [0.1, 0.15) is 55.5 Å². The normalized spacial score (nSPS) is 30.8. The summed E-state index contributed by atoms with van der Waals surface area (Å²) in [5, 5.41) is 2.28. The van der Waals surface area contributed by atoms with Crippen molar-refractivity contribution in [2.45, 2.75) is 57.5 Å². The predicted molar refractivity (Wildman–Crippen MR) is 82.6 cm³/mol. The molecule has 0 aliphatic heterocycles. The molecule has 0 saturated heterocycles. The Balaban J connectivity index is 1.84. The van der Waals surface area contributed by atoms with Gasteiger partial charge in [0.05, 0.1) is 0 Å². The summed E-state index contributed by atoms with van der Waals surface area (Å²) < 4.78 is 0. The number of thiophene rings is 1. The summed E-state index contributed by atoms with van der Waals surface area (Å²) in [6, 6.07) is 3.77. The fourth-order valence-electron chi connectivity index (χ4n) is 4.22. The van der Waals surface area contributed by atoms with Gasteiger partial charge in [-0.1, -0.05) is 13.3 Å². The molecule has 3 rings (SSSR count). The average molecular weight is 278 g/mol. The lowest BCUT2D eigenvalue weighted by molar-refractivity contribution is 0.103. The van der Waals surface area contributed by atoms with Crippen molar-refractivity contribution in [3.05, 3.63) is 21.9 Å². The highest BCUT2D eigenvalue weighted by molar-refractivity contribution is 7.10. The SMILES string of the molecule is CCN(C1CCCc2sccc21)C1CCCC1CN. The van der Waals surface area contributed by atoms with E-state index in [0.717, 1.165) is 18.5 Å². The van der Waals surface area contributed by atoms with Crippen molar-refractivity contribution in [3.8, 4) is 0 Å². The Morgan fingerprint density at radius 2 is 2.21 bits per heavy atom. The quantitative estimate of drug-likeness (QED) is 0.912. The first-order valence-electron chi connectivity index (χ1n) is 7.87. The summed E-state index contributed by atoms with van der Waals surface area (Å²) in [6.07, 6.45) is 8.05. The monoisotopic (exact) mass is 278 g/mol. The molecule has 3 heteroatoms. The zero-order valence-corrected chi connectivity index (χ0v) is 12.8. The second-order valence-electron chi connectivity index (χ2n) is 6.03. The minimum absolute atomic E-state index is 0.664. The zero-order chi connectivity index (χ0) is 13.2. The van der Waals surface area contributed by atoms with Crippen LogP contribution >= 0.6 is 11.3 Å². The largest absolute Gasteiger partial charge is 0.330 e. The molecular formula is C16H26N2S. The number of rotatable bonds is 4. The Morgan fingerprint density at radius 1 is 1.32 bits per heavy atom. The number of aryl methyl sites for hydroxylation is 1. The van der Waals surface area contributed by atoms with Crippen molar-refractivity contribution < 1.29 is 0 Å². The summed E-state index contributed by atoms with van der Waals surface area (Å²) in [6.45, 7) is 4.36. The van der Waals surface area contributed by atoms with E-state index in [1.165, 1.54) is 45.1 Å². The molecule has 106 valence electrons. The third-order valence-electron chi connectivity index (χ3n) is 5.13. The van der Waals surface area contributed by atoms with E-state index in [2.05, 4.69) is 23.3 Å². The van der Waals surface area contributed by atoms with E-state index in [1.807, 2.05) is 11.3 Å². The van der Waals surface area contributed by atoms with Crippen LogP contribution in [0.5, 0.6) is 0 Å². The van der Waals surface area contributed by atoms with Crippen LogP contribution in [-0.4, -0.2) is 24.0 Å². The summed E-state index contributed by atoms with van der Waals surface area (Å²) in [5.41, 5.74) is 7.62. The van der Waals surface area contributed by atoms with Gasteiger partial charge in [0, 0.05) is 17.0 Å². The molecule has 19 heavy (non-hydrogen) atoms. The molecule has 0 bridgehead atoms. The van der Waals surface area contributed by atoms with Gasteiger partial charge < -0.3 is 5.73 Å². The Hall–Kier alpha value is -0.380. The molecule has 1 aromatic heterocycles. The molecule has 1 saturated carbocycles. The minimum atomic E-state index is 0.664. The fourth-order valence-corrected chi connectivity index (χ4v) is 5.20. The van der Waals surface area contributed by atoms with Gasteiger partial charge in [0.1, 0.15) is 0 Å². The minimum Gasteiger partial charge on any atom is -0.330 e. The molecule has 1 heterocycles. The van der Waals surface area contributed by atoms with E-state index in [4.69, 9.17) is 5.73 Å². The second kappa shape index (κ2) is 5.94. The van der Waals surface area contributed by atoms with E-state index in [1.54, 1.807) is 10.4 Å². The molecule has 0 spiro atoms. The van der Waals surface area contributed by atoms with Crippen molar-refractivity contribution in [2.75, 3.05) is 13.1 Å². The Morgan fingerprint density at radius 3 is 3.00 bits per heavy atom. The van der Waals surface area contributed by atoms with E-state index in [9.17, 15) is 0 Å². The van der Waals surface area contributed by atoms with Crippen LogP contribution in [0.15, 0.2) is 11.4 Å². The van der Waals surface area contributed by atoms with Gasteiger partial charge in [0.15, 0.2) is 0 Å². The molecule has 0 amide bonds. The first-order valence-corrected chi connectivity index (χ1v) is 8.75. The lowest BCUT2D eigenvalue weighted by Gasteiger charge is -2.40. The average Bonchev–Trinajstić information content (AvgIpc) is 3.08. The van der Waals surface area contributed by atoms with Crippen LogP contribution in [0, 0.1) is 5.92 Å². The molecule has 2 aliphatic rings. The number of nitrogens with zero attached hydrogens (tertiary/aromatic N) is 1. The number of hydrogen-bond donors (Lipinski definition) is 1. The number of fused-ring (bicyclic) bond motifs is 1. The molecule has 2 nitrogen and oxygen atoms in total. The van der Waals surface area contributed by atoms with Crippen molar-refractivity contribution in [1.29, 1.82) is 0 Å². The topological polar surface area (TPSA) is 29.3 Å². The van der Waals surface area contributed by atoms with Gasteiger partial charge in [-0.3, -0.25) is 4.90 Å². The van der Waals surface area contributed by atoms with Crippen LogP contribution < -0.4 is 5.73 Å². The molecule has 0 aromatic carbocycles. The van der Waals surface area contributed by atoms with Crippen LogP contribution in [0.25, 0.3) is 0 Å². The highest BCUT2D eigenvalue weighted by Gasteiger charge is 2.36. The maximum atomic E-state index is 6.00. The van der Waals surface area contributed by atoms with Crippen LogP contribution in [0.2, 0.25) is 0 Å². The third kappa shape index (κ3) is 2.48. The van der Waals surface area contributed by atoms with E-state index in [-0.39, 0.29) is 0 Å². The third-order valence-corrected chi connectivity index (χ3v) is 6.13. The summed E-state index contributed by atoms with van der Waals surface area (Å²) in [4.78, 5) is 4.41. The molecule has 3 atom stereocenters. The van der Waals surface area contributed by atoms with Crippen LogP contribution in [0.4, 0.5) is 0 Å². The molecular weight excluding hydrogens is 252 g/mol. The Kier molecular flexibility index (Phi) is 4.25. The standard InChI is InChI=1S/C16H26N2S/c1-2-18(14-6-3-5-12(14)11-17)15-7-4-8-16-13(15)9-10-19-16/h9-10,12,14-15H,2-8,11,17H2,1H3. The molecule has 2 aliphatic carbocycles. The summed E-state index contributed by atoms with van der Waals surface area (Å²) in [5.74, 6) is 0.726. The highest BCUT2D eigenvalue weighted by atomic mass is 32.1. The maximum Gasteiger partial charge on any atom is 0.0362 e. The van der Waals surface area contributed by atoms with E-state index >= 15 is 0 Å². The lowest BCUT2D eigenvalue weighted by Crippen LogP contribution is -2.43. The Labute approximate surface area is 121 Å². The molecule has 1 fully saturated rings. The first-order chi connectivity index (χ1) is 9.35. The van der Waals surface area contributed by atoms with Crippen LogP contribution in [-0.2, 0) is 6.42 Å². The van der Waals surface area contributed by atoms with Gasteiger partial charge in [0.25, 0.3) is 0 Å². The molecule has 2 N–H and O–H groups in total. The smallest absolute Gasteiger partial charge is 0.0362 e. The van der Waals surface area contributed by atoms with Crippen molar-refractivity contribution >= 4 is 11.3 Å². The predicted octanol–water partition coefficient (Wildman–Crippen LogP) is 3.57. The van der Waals surface area contributed by atoms with Gasteiger partial charge in [-0.15, -0.1) is 11.3 Å². The molecule has 0 radical (unpaired) electrons. The van der Waals surface area contributed by atoms with Gasteiger partial charge in [-0.2, -0.15) is 0 Å². The Bertz CT molecular complexity index is 415. The van der Waals surface area contributed by atoms with Gasteiger partial charge in [-0.05, 0) is 68.1 Å². The van der Waals surface area contributed by atoms with E-state index < -0.39 is 0 Å². The zero-order valence-electron chi connectivity index (χ0n) is 12.0. The lowest BCUT2D eigenvalue weighted by atomic mass is 9.90. The maximum absolute atomic E-state index is 6.00. The highest BCUT2D eigenvalue weighted by Crippen LogP contribution is 2.41. The fraction of sp³-hybridized carbons (Fsp3) is 0.750. The van der Waals surface area contributed by atoms with Gasteiger partial charge >= 0.3 is 0 Å². The molecule has 1 aromatic rings. The second-order valence-corrected chi connectivity index (χ2v) is 7.03. The van der Waals surface area contributed by atoms with Gasteiger partial charge in [-0.25, -0.2) is 0 Å². The number of nitrogens with two attached hydrogens (primary N) is 1. The summed E-state index contributed by atoms with van der Waals surface area (Å²) in [7, 11) is 0.